The van der Waals surface area contributed by atoms with E-state index in [4.69, 9.17) is 11.8 Å². The monoisotopic (exact) mass is 312 g/mol. The quantitative estimate of drug-likeness (QED) is 0.841. The van der Waals surface area contributed by atoms with Crippen LogP contribution in [-0.4, -0.2) is 47.4 Å². The number of carbonyl (C=O) groups is 1. The van der Waals surface area contributed by atoms with Crippen LogP contribution in [-0.2, 0) is 6.42 Å². The minimum Gasteiger partial charge on any atom is -0.346 e. The van der Waals surface area contributed by atoms with Crippen molar-refractivity contribution in [1.29, 1.82) is 0 Å². The van der Waals surface area contributed by atoms with E-state index in [1.54, 1.807) is 4.42 Å². The van der Waals surface area contributed by atoms with Crippen LogP contribution >= 0.6 is 23.3 Å². The predicted octanol–water partition coefficient (Wildman–Crippen LogP) is 1.48. The average molecular weight is 313 g/mol. The molecule has 2 bridgehead atoms. The zero-order valence-electron chi connectivity index (χ0n) is 11.1. The Balaban J connectivity index is 1.50. The first-order valence-electron chi connectivity index (χ1n) is 7.17. The largest absolute Gasteiger partial charge is 0.346 e. The molecule has 1 amide bonds. The van der Waals surface area contributed by atoms with Gasteiger partial charge in [-0.3, -0.25) is 9.21 Å². The van der Waals surface area contributed by atoms with E-state index >= 15 is 0 Å². The van der Waals surface area contributed by atoms with Crippen LogP contribution in [0.4, 0.5) is 5.00 Å². The van der Waals surface area contributed by atoms with Crippen LogP contribution < -0.4 is 9.74 Å². The molecule has 1 N–H and O–H groups in total. The van der Waals surface area contributed by atoms with Gasteiger partial charge in [0.15, 0.2) is 0 Å². The summed E-state index contributed by atoms with van der Waals surface area (Å²) in [6.07, 6.45) is 3.23. The van der Waals surface area contributed by atoms with E-state index in [1.807, 2.05) is 0 Å². The van der Waals surface area contributed by atoms with Crippen LogP contribution in [0.1, 0.15) is 28.9 Å². The molecule has 0 unspecified atom stereocenters. The Morgan fingerprint density at radius 1 is 1.35 bits per heavy atom. The highest BCUT2D eigenvalue weighted by Crippen LogP contribution is 2.36. The molecule has 4 aliphatic heterocycles. The number of halogens is 1. The minimum atomic E-state index is -0.0202. The van der Waals surface area contributed by atoms with Gasteiger partial charge in [0, 0.05) is 36.5 Å². The summed E-state index contributed by atoms with van der Waals surface area (Å²) >= 11 is 7.39. The Hall–Kier alpha value is -0.850. The van der Waals surface area contributed by atoms with Crippen LogP contribution in [0.5, 0.6) is 0 Å². The molecule has 4 aliphatic rings. The highest BCUT2D eigenvalue weighted by atomic mass is 35.5. The number of rotatable bonds is 2. The second-order valence-electron chi connectivity index (χ2n) is 5.87. The van der Waals surface area contributed by atoms with Crippen molar-refractivity contribution >= 4 is 34.2 Å². The number of aromatic nitrogens is 1. The van der Waals surface area contributed by atoms with Gasteiger partial charge in [-0.1, -0.05) is 0 Å². The van der Waals surface area contributed by atoms with Crippen LogP contribution in [0, 0.1) is 5.92 Å². The third-order valence-electron chi connectivity index (χ3n) is 4.73. The predicted molar refractivity (Wildman–Crippen MR) is 79.4 cm³/mol. The van der Waals surface area contributed by atoms with Crippen molar-refractivity contribution in [2.45, 2.75) is 25.3 Å². The lowest BCUT2D eigenvalue weighted by Crippen LogP contribution is -2.57. The van der Waals surface area contributed by atoms with Crippen molar-refractivity contribution in [2.75, 3.05) is 30.6 Å². The van der Waals surface area contributed by atoms with Gasteiger partial charge in [0.1, 0.15) is 10.7 Å². The minimum absolute atomic E-state index is 0.0202. The molecular formula is C13H17ClN4OS. The number of nitrogens with zero attached hydrogens (tertiary/aromatic N) is 3. The van der Waals surface area contributed by atoms with Crippen molar-refractivity contribution in [3.05, 3.63) is 11.3 Å². The van der Waals surface area contributed by atoms with Gasteiger partial charge in [-0.15, -0.1) is 0 Å². The van der Waals surface area contributed by atoms with Crippen molar-refractivity contribution in [3.8, 4) is 0 Å². The molecule has 5 heterocycles. The normalized spacial score (nSPS) is 31.4. The van der Waals surface area contributed by atoms with Gasteiger partial charge in [0.2, 0.25) is 0 Å². The Labute approximate surface area is 127 Å². The number of amides is 1. The SMILES string of the molecule is O=C(N[C@@H]1CN2CCC1CC2)c1nsc2c1CCN2Cl. The molecule has 108 valence electrons. The first-order valence-corrected chi connectivity index (χ1v) is 8.28. The molecule has 20 heavy (non-hydrogen) atoms. The summed E-state index contributed by atoms with van der Waals surface area (Å²) in [6, 6.07) is 0.288. The molecule has 7 heteroatoms. The fraction of sp³-hybridized carbons (Fsp3) is 0.692. The molecule has 1 aromatic heterocycles. The summed E-state index contributed by atoms with van der Waals surface area (Å²) in [5, 5.41) is 4.14. The van der Waals surface area contributed by atoms with Gasteiger partial charge in [-0.25, -0.2) is 0 Å². The van der Waals surface area contributed by atoms with Crippen molar-refractivity contribution < 1.29 is 4.79 Å². The van der Waals surface area contributed by atoms with Crippen LogP contribution in [0.3, 0.4) is 0 Å². The van der Waals surface area contributed by atoms with E-state index in [2.05, 4.69) is 14.6 Å². The summed E-state index contributed by atoms with van der Waals surface area (Å²) in [5.41, 5.74) is 1.60. The van der Waals surface area contributed by atoms with E-state index in [0.29, 0.717) is 11.6 Å². The maximum absolute atomic E-state index is 12.5. The number of hydrogen-bond donors (Lipinski definition) is 1. The molecule has 0 saturated carbocycles. The lowest BCUT2D eigenvalue weighted by atomic mass is 9.84. The lowest BCUT2D eigenvalue weighted by Gasteiger charge is -2.44. The van der Waals surface area contributed by atoms with E-state index in [-0.39, 0.29) is 11.9 Å². The average Bonchev–Trinajstić information content (AvgIpc) is 3.04. The second kappa shape index (κ2) is 4.86. The van der Waals surface area contributed by atoms with Crippen LogP contribution in [0.15, 0.2) is 0 Å². The fourth-order valence-corrected chi connectivity index (χ4v) is 4.71. The zero-order chi connectivity index (χ0) is 13.7. The number of fused-ring (bicyclic) bond motifs is 4. The lowest BCUT2D eigenvalue weighted by molar-refractivity contribution is 0.0618. The maximum atomic E-state index is 12.5. The van der Waals surface area contributed by atoms with Gasteiger partial charge < -0.3 is 10.2 Å². The molecule has 1 atom stereocenters. The number of anilines is 1. The Morgan fingerprint density at radius 3 is 2.85 bits per heavy atom. The van der Waals surface area contributed by atoms with Crippen LogP contribution in [0.25, 0.3) is 0 Å². The number of carbonyl (C=O) groups excluding carboxylic acids is 1. The van der Waals surface area contributed by atoms with E-state index < -0.39 is 0 Å². The molecule has 5 nitrogen and oxygen atoms in total. The molecule has 0 aromatic carbocycles. The smallest absolute Gasteiger partial charge is 0.271 e. The molecule has 3 fully saturated rings. The summed E-state index contributed by atoms with van der Waals surface area (Å²) < 4.78 is 5.97. The highest BCUT2D eigenvalue weighted by Gasteiger charge is 2.36. The van der Waals surface area contributed by atoms with Crippen molar-refractivity contribution in [2.24, 2.45) is 5.92 Å². The topological polar surface area (TPSA) is 48.5 Å². The summed E-state index contributed by atoms with van der Waals surface area (Å²) in [7, 11) is 0. The maximum Gasteiger partial charge on any atom is 0.271 e. The Morgan fingerprint density at radius 2 is 2.15 bits per heavy atom. The summed E-state index contributed by atoms with van der Waals surface area (Å²) in [5.74, 6) is 0.619. The first kappa shape index (κ1) is 12.9. The number of piperidine rings is 3. The van der Waals surface area contributed by atoms with Crippen LogP contribution in [0.2, 0.25) is 0 Å². The summed E-state index contributed by atoms with van der Waals surface area (Å²) in [4.78, 5) is 14.9. The van der Waals surface area contributed by atoms with Gasteiger partial charge in [0.25, 0.3) is 5.91 Å². The fourth-order valence-electron chi connectivity index (χ4n) is 3.57. The number of nitrogens with one attached hydrogen (secondary N) is 1. The third-order valence-corrected chi connectivity index (χ3v) is 6.09. The van der Waals surface area contributed by atoms with Gasteiger partial charge in [-0.2, -0.15) is 4.37 Å². The molecule has 0 spiro atoms. The molecule has 0 aliphatic carbocycles. The standard InChI is InChI=1S/C13H17ClN4OS/c14-18-6-3-9-11(16-20-13(9)18)12(19)15-10-7-17-4-1-8(10)2-5-17/h8,10H,1-7H2,(H,15,19)/t10-/m1/s1. The first-order chi connectivity index (χ1) is 9.72. The van der Waals surface area contributed by atoms with Gasteiger partial charge in [-0.05, 0) is 49.8 Å². The molecule has 3 saturated heterocycles. The zero-order valence-corrected chi connectivity index (χ0v) is 12.7. The molecule has 0 radical (unpaired) electrons. The molecule has 5 rings (SSSR count). The molecular weight excluding hydrogens is 296 g/mol. The van der Waals surface area contributed by atoms with E-state index in [9.17, 15) is 4.79 Å². The second-order valence-corrected chi connectivity index (χ2v) is 7.03. The Bertz CT molecular complexity index is 540. The number of hydrogen-bond acceptors (Lipinski definition) is 5. The Kier molecular flexibility index (Phi) is 3.12. The van der Waals surface area contributed by atoms with Crippen molar-refractivity contribution in [1.82, 2.24) is 14.6 Å². The summed E-state index contributed by atoms with van der Waals surface area (Å²) in [6.45, 7) is 4.13. The third kappa shape index (κ3) is 2.01. The van der Waals surface area contributed by atoms with Gasteiger partial charge in [0.05, 0.1) is 0 Å². The van der Waals surface area contributed by atoms with E-state index in [1.165, 1.54) is 37.5 Å². The van der Waals surface area contributed by atoms with E-state index in [0.717, 1.165) is 30.1 Å². The van der Waals surface area contributed by atoms with Crippen molar-refractivity contribution in [3.63, 3.8) is 0 Å². The highest BCUT2D eigenvalue weighted by molar-refractivity contribution is 7.11. The van der Waals surface area contributed by atoms with Gasteiger partial charge >= 0.3 is 0 Å². The molecule has 1 aromatic rings.